The topological polar surface area (TPSA) is 53.8 Å². The number of nitrogens with zero attached hydrogens (tertiary/aromatic N) is 2. The average Bonchev–Trinajstić information content (AvgIpc) is 2.94. The minimum Gasteiger partial charge on any atom is -0.303 e. The highest BCUT2D eigenvalue weighted by Crippen LogP contribution is 2.25. The molecule has 22 heavy (non-hydrogen) atoms. The summed E-state index contributed by atoms with van der Waals surface area (Å²) in [5.74, 6) is -0.000777. The maximum atomic E-state index is 13.9. The van der Waals surface area contributed by atoms with Crippen molar-refractivity contribution < 1.29 is 9.18 Å². The molecule has 0 atom stereocenters. The smallest absolute Gasteiger partial charge is 0.236 e. The van der Waals surface area contributed by atoms with Gasteiger partial charge in [0.2, 0.25) is 5.91 Å². The summed E-state index contributed by atoms with van der Waals surface area (Å²) >= 11 is 1.30. The van der Waals surface area contributed by atoms with Gasteiger partial charge in [-0.15, -0.1) is 5.10 Å². The summed E-state index contributed by atoms with van der Waals surface area (Å²) in [6.07, 6.45) is 1.56. The molecule has 2 aromatic carbocycles. The molecule has 0 spiro atoms. The van der Waals surface area contributed by atoms with Crippen LogP contribution in [0, 0.1) is 5.82 Å². The van der Waals surface area contributed by atoms with Crippen molar-refractivity contribution in [2.24, 2.45) is 10.2 Å². The van der Waals surface area contributed by atoms with Gasteiger partial charge in [-0.25, -0.2) is 4.39 Å². The van der Waals surface area contributed by atoms with Gasteiger partial charge in [-0.2, -0.15) is 5.10 Å². The van der Waals surface area contributed by atoms with Crippen LogP contribution in [0.3, 0.4) is 0 Å². The quantitative estimate of drug-likeness (QED) is 0.699. The number of carbonyl (C=O) groups is 1. The van der Waals surface area contributed by atoms with Crippen LogP contribution in [-0.2, 0) is 4.79 Å². The Labute approximate surface area is 131 Å². The minimum atomic E-state index is -0.284. The lowest BCUT2D eigenvalue weighted by Gasteiger charge is -2.06. The van der Waals surface area contributed by atoms with Crippen LogP contribution in [0.15, 0.2) is 58.7 Å². The molecule has 1 N–H and O–H groups in total. The first-order valence-corrected chi connectivity index (χ1v) is 7.60. The van der Waals surface area contributed by atoms with Crippen molar-refractivity contribution in [3.8, 4) is 11.1 Å². The number of amides is 1. The Bertz CT molecular complexity index is 773. The third-order valence-corrected chi connectivity index (χ3v) is 3.92. The summed E-state index contributed by atoms with van der Waals surface area (Å²) in [4.78, 5) is 11.1. The second-order valence-electron chi connectivity index (χ2n) is 4.55. The molecular weight excluding hydrogens is 301 g/mol. The van der Waals surface area contributed by atoms with Gasteiger partial charge >= 0.3 is 0 Å². The second-order valence-corrected chi connectivity index (χ2v) is 5.52. The van der Waals surface area contributed by atoms with Crippen LogP contribution < -0.4 is 5.32 Å². The molecule has 2 aromatic rings. The number of halogens is 1. The van der Waals surface area contributed by atoms with Crippen molar-refractivity contribution in [1.82, 2.24) is 5.32 Å². The summed E-state index contributed by atoms with van der Waals surface area (Å²) in [6, 6.07) is 14.0. The van der Waals surface area contributed by atoms with Gasteiger partial charge in [-0.05, 0) is 11.6 Å². The number of carbonyl (C=O) groups excluding carboxylic acids is 1. The molecule has 0 aliphatic carbocycles. The number of thioether (sulfide) groups is 1. The summed E-state index contributed by atoms with van der Waals surface area (Å²) < 4.78 is 13.9. The first kappa shape index (κ1) is 14.5. The van der Waals surface area contributed by atoms with Gasteiger partial charge in [0.1, 0.15) is 5.82 Å². The molecule has 1 aliphatic heterocycles. The molecule has 0 saturated carbocycles. The SMILES string of the molecule is O=C1CSC(=NN=Cc2ccccc2-c2ccccc2F)N1. The first-order valence-electron chi connectivity index (χ1n) is 6.61. The Morgan fingerprint density at radius 3 is 2.55 bits per heavy atom. The highest BCUT2D eigenvalue weighted by Gasteiger charge is 2.16. The molecule has 3 rings (SSSR count). The van der Waals surface area contributed by atoms with Crippen LogP contribution in [0.25, 0.3) is 11.1 Å². The van der Waals surface area contributed by atoms with Crippen molar-refractivity contribution >= 4 is 29.1 Å². The predicted molar refractivity (Wildman–Crippen MR) is 87.5 cm³/mol. The van der Waals surface area contributed by atoms with Crippen molar-refractivity contribution in [2.45, 2.75) is 0 Å². The lowest BCUT2D eigenvalue weighted by molar-refractivity contribution is -0.116. The van der Waals surface area contributed by atoms with Crippen LogP contribution in [0.4, 0.5) is 4.39 Å². The van der Waals surface area contributed by atoms with Crippen LogP contribution in [0.5, 0.6) is 0 Å². The average molecular weight is 313 g/mol. The predicted octanol–water partition coefficient (Wildman–Crippen LogP) is 3.05. The molecule has 1 saturated heterocycles. The number of nitrogens with one attached hydrogen (secondary N) is 1. The van der Waals surface area contributed by atoms with E-state index < -0.39 is 0 Å². The monoisotopic (exact) mass is 313 g/mol. The minimum absolute atomic E-state index is 0.0780. The van der Waals surface area contributed by atoms with E-state index in [4.69, 9.17) is 0 Å². The lowest BCUT2D eigenvalue weighted by atomic mass is 10.00. The van der Waals surface area contributed by atoms with E-state index in [2.05, 4.69) is 15.5 Å². The third kappa shape index (κ3) is 3.23. The van der Waals surface area contributed by atoms with Crippen LogP contribution in [0.1, 0.15) is 5.56 Å². The number of hydrogen-bond donors (Lipinski definition) is 1. The van der Waals surface area contributed by atoms with E-state index in [-0.39, 0.29) is 11.7 Å². The van der Waals surface area contributed by atoms with Crippen molar-refractivity contribution in [1.29, 1.82) is 0 Å². The standard InChI is InChI=1S/C16H12FN3OS/c17-14-8-4-3-7-13(14)12-6-2-1-5-11(12)9-18-20-16-19-15(21)10-22-16/h1-9H,10H2,(H,19,20,21). The fourth-order valence-corrected chi connectivity index (χ4v) is 2.69. The molecule has 1 aliphatic rings. The van der Waals surface area contributed by atoms with E-state index in [1.165, 1.54) is 17.8 Å². The zero-order valence-electron chi connectivity index (χ0n) is 11.5. The van der Waals surface area contributed by atoms with Crippen molar-refractivity contribution in [3.05, 3.63) is 59.9 Å². The molecule has 0 radical (unpaired) electrons. The van der Waals surface area contributed by atoms with E-state index in [1.807, 2.05) is 24.3 Å². The number of benzene rings is 2. The Hall–Kier alpha value is -2.47. The van der Waals surface area contributed by atoms with Crippen molar-refractivity contribution in [3.63, 3.8) is 0 Å². The highest BCUT2D eigenvalue weighted by atomic mass is 32.2. The van der Waals surface area contributed by atoms with E-state index >= 15 is 0 Å². The molecule has 0 bridgehead atoms. The van der Waals surface area contributed by atoms with E-state index in [9.17, 15) is 9.18 Å². The normalized spacial score (nSPS) is 16.4. The Morgan fingerprint density at radius 2 is 1.82 bits per heavy atom. The molecule has 1 fully saturated rings. The van der Waals surface area contributed by atoms with Gasteiger partial charge in [0.25, 0.3) is 0 Å². The van der Waals surface area contributed by atoms with Gasteiger partial charge in [-0.3, -0.25) is 4.79 Å². The molecule has 110 valence electrons. The molecule has 4 nitrogen and oxygen atoms in total. The highest BCUT2D eigenvalue weighted by molar-refractivity contribution is 8.15. The van der Waals surface area contributed by atoms with Crippen LogP contribution >= 0.6 is 11.8 Å². The fraction of sp³-hybridized carbons (Fsp3) is 0.0625. The van der Waals surface area contributed by atoms with E-state index in [0.717, 1.165) is 11.1 Å². The van der Waals surface area contributed by atoms with Gasteiger partial charge in [0.15, 0.2) is 5.17 Å². The zero-order valence-corrected chi connectivity index (χ0v) is 12.3. The number of hydrogen-bond acceptors (Lipinski definition) is 4. The Morgan fingerprint density at radius 1 is 1.09 bits per heavy atom. The van der Waals surface area contributed by atoms with E-state index in [0.29, 0.717) is 16.5 Å². The largest absolute Gasteiger partial charge is 0.303 e. The van der Waals surface area contributed by atoms with Gasteiger partial charge in [0.05, 0.1) is 12.0 Å². The second kappa shape index (κ2) is 6.53. The molecular formula is C16H12FN3OS. The molecule has 0 unspecified atom stereocenters. The maximum Gasteiger partial charge on any atom is 0.236 e. The van der Waals surface area contributed by atoms with Gasteiger partial charge in [-0.1, -0.05) is 54.2 Å². The summed E-state index contributed by atoms with van der Waals surface area (Å²) in [6.45, 7) is 0. The number of amidine groups is 1. The molecule has 1 amide bonds. The summed E-state index contributed by atoms with van der Waals surface area (Å²) in [5.41, 5.74) is 2.01. The zero-order chi connectivity index (χ0) is 15.4. The maximum absolute atomic E-state index is 13.9. The Kier molecular flexibility index (Phi) is 4.29. The summed E-state index contributed by atoms with van der Waals surface area (Å²) in [7, 11) is 0. The third-order valence-electron chi connectivity index (χ3n) is 3.06. The lowest BCUT2D eigenvalue weighted by Crippen LogP contribution is -2.19. The number of rotatable bonds is 3. The Balaban J connectivity index is 1.89. The summed E-state index contributed by atoms with van der Waals surface area (Å²) in [5, 5.41) is 11.0. The first-order chi connectivity index (χ1) is 10.7. The van der Waals surface area contributed by atoms with E-state index in [1.54, 1.807) is 24.4 Å². The van der Waals surface area contributed by atoms with Crippen LogP contribution in [0.2, 0.25) is 0 Å². The molecule has 0 aromatic heterocycles. The van der Waals surface area contributed by atoms with Crippen molar-refractivity contribution in [2.75, 3.05) is 5.75 Å². The molecule has 6 heteroatoms. The molecule has 1 heterocycles. The van der Waals surface area contributed by atoms with Crippen LogP contribution in [-0.4, -0.2) is 23.0 Å². The van der Waals surface area contributed by atoms with Gasteiger partial charge in [0, 0.05) is 11.1 Å². The van der Waals surface area contributed by atoms with Gasteiger partial charge < -0.3 is 5.32 Å². The fourth-order valence-electron chi connectivity index (χ4n) is 2.06.